The summed E-state index contributed by atoms with van der Waals surface area (Å²) >= 11 is 13.8. The molecule has 0 radical (unpaired) electrons. The number of ketones is 2. The Balaban J connectivity index is 0.000000190. The zero-order valence-corrected chi connectivity index (χ0v) is 60.8. The molecule has 2 bridgehead atoms. The molecule has 100 heavy (non-hydrogen) atoms. The summed E-state index contributed by atoms with van der Waals surface area (Å²) in [6, 6.07) is 21.6. The predicted molar refractivity (Wildman–Crippen MR) is 390 cm³/mol. The van der Waals surface area contributed by atoms with Crippen LogP contribution >= 0.6 is 23.2 Å². The van der Waals surface area contributed by atoms with Gasteiger partial charge in [-0.25, -0.2) is 9.97 Å². The fourth-order valence-corrected chi connectivity index (χ4v) is 17.0. The highest BCUT2D eigenvalue weighted by atomic mass is 35.5. The minimum atomic E-state index is -0.923. The van der Waals surface area contributed by atoms with Crippen LogP contribution in [0.1, 0.15) is 190 Å². The lowest BCUT2D eigenvalue weighted by Crippen LogP contribution is -2.52. The van der Waals surface area contributed by atoms with Crippen LogP contribution in [0.25, 0.3) is 44.6 Å². The van der Waals surface area contributed by atoms with Gasteiger partial charge in [-0.3, -0.25) is 38.7 Å². The van der Waals surface area contributed by atoms with E-state index in [9.17, 15) is 28.8 Å². The van der Waals surface area contributed by atoms with Crippen molar-refractivity contribution in [1.29, 1.82) is 0 Å². The van der Waals surface area contributed by atoms with Crippen molar-refractivity contribution in [2.75, 3.05) is 14.2 Å². The van der Waals surface area contributed by atoms with Gasteiger partial charge in [-0.15, -0.1) is 13.2 Å². The van der Waals surface area contributed by atoms with Gasteiger partial charge in [0.1, 0.15) is 23.7 Å². The smallest absolute Gasteiger partial charge is 0.312 e. The number of benzene rings is 2. The second-order valence-corrected chi connectivity index (χ2v) is 30.6. The second kappa shape index (κ2) is 30.4. The maximum atomic E-state index is 14.3. The molecule has 12 atom stereocenters. The standard InChI is InChI=1S/C42H50ClN3O5.C40H46ClN3O5/c1-7-9-10-11-12-14-27-18-20-33-37(22-34(46(33)40(27)48)35(47)24-42(41(49)50-6)23-28(42)8-2)51-36-21-32(31-16-13-15-30(44-31)25(3)4)45-39-29(36)19-17-26(5)38(39)43;1-23(2)28-13-10-14-29(42-28)30-19-34(27-17-15-24(3)36(41)37(27)43-30)49-35-20-32-33(45)22-40(39(47)48-4)21-26(40)12-9-7-5-6-8-11-25-16-18-31(35)44(32)38(25)46/h7-8,13,15-17,19,21,25,27-28,33-34,37H,1-2,9-12,14,18,20,22-24H2,3-6H3;9-10,12-15,17,19,23,25-26,31-32,35H,5-8,11,16,18,20-22H2,1-4H3/b;12-9-/t27-,28+,33+,34-,37+,42+;25-,26+,31+,32-,35+,40+/m00/s1. The van der Waals surface area contributed by atoms with Crippen LogP contribution in [0.4, 0.5) is 0 Å². The number of amides is 2. The molecular weight excluding hydrogens is 1300 g/mol. The summed E-state index contributed by atoms with van der Waals surface area (Å²) in [7, 11) is 2.74. The predicted octanol–water partition coefficient (Wildman–Crippen LogP) is 17.1. The molecule has 16 nitrogen and oxygen atoms in total. The van der Waals surface area contributed by atoms with Gasteiger partial charge in [0.2, 0.25) is 11.8 Å². The van der Waals surface area contributed by atoms with E-state index in [4.69, 9.17) is 62.1 Å². The lowest BCUT2D eigenvalue weighted by atomic mass is 9.87. The average Bonchev–Trinajstić information content (AvgIpc) is 1.54. The first-order chi connectivity index (χ1) is 48.1. The first-order valence-corrected chi connectivity index (χ1v) is 37.1. The number of nitrogens with zero attached hydrogens (tertiary/aromatic N) is 6. The second-order valence-electron chi connectivity index (χ2n) is 29.8. The first kappa shape index (κ1) is 72.0. The highest BCUT2D eigenvalue weighted by Crippen LogP contribution is 2.59. The number of piperidine rings is 2. The van der Waals surface area contributed by atoms with E-state index in [-0.39, 0.29) is 89.8 Å². The maximum Gasteiger partial charge on any atom is 0.312 e. The van der Waals surface area contributed by atoms with Crippen LogP contribution in [0, 0.1) is 48.3 Å². The van der Waals surface area contributed by atoms with Crippen molar-refractivity contribution < 1.29 is 47.7 Å². The van der Waals surface area contributed by atoms with E-state index in [0.29, 0.717) is 75.3 Å². The molecule has 7 aliphatic rings. The number of hydrogen-bond donors (Lipinski definition) is 0. The average molecular weight is 1400 g/mol. The number of pyridine rings is 4. The molecule has 13 rings (SSSR count). The van der Waals surface area contributed by atoms with Gasteiger partial charge >= 0.3 is 11.9 Å². The molecule has 0 N–H and O–H groups in total. The number of esters is 2. The number of carbonyl (C=O) groups excluding carboxylic acids is 6. The molecule has 528 valence electrons. The fraction of sp³-hybridized carbons (Fsp3) is 0.512. The van der Waals surface area contributed by atoms with Crippen LogP contribution in [-0.4, -0.2) is 116 Å². The molecule has 0 unspecified atom stereocenters. The van der Waals surface area contributed by atoms with Crippen LogP contribution in [0.15, 0.2) is 110 Å². The topological polar surface area (TPSA) is 197 Å². The van der Waals surface area contributed by atoms with Crippen LogP contribution in [0.5, 0.6) is 11.5 Å². The number of aromatic nitrogens is 4. The largest absolute Gasteiger partial charge is 0.487 e. The van der Waals surface area contributed by atoms with Gasteiger partial charge in [0.15, 0.2) is 11.6 Å². The van der Waals surface area contributed by atoms with Crippen molar-refractivity contribution in [3.63, 3.8) is 0 Å². The number of hydrogen-bond acceptors (Lipinski definition) is 14. The van der Waals surface area contributed by atoms with Gasteiger partial charge in [0.25, 0.3) is 0 Å². The van der Waals surface area contributed by atoms with Crippen molar-refractivity contribution in [2.24, 2.45) is 34.5 Å². The third-order valence-corrected chi connectivity index (χ3v) is 23.6. The van der Waals surface area contributed by atoms with Gasteiger partial charge in [-0.1, -0.05) is 125 Å². The van der Waals surface area contributed by atoms with Crippen molar-refractivity contribution in [3.8, 4) is 34.3 Å². The molecule has 2 saturated carbocycles. The Morgan fingerprint density at radius 1 is 0.660 bits per heavy atom. The normalized spacial score (nSPS) is 27.3. The third-order valence-electron chi connectivity index (χ3n) is 22.7. The molecule has 9 heterocycles. The van der Waals surface area contributed by atoms with E-state index < -0.39 is 41.1 Å². The Hall–Kier alpha value is -7.82. The number of carbonyl (C=O) groups is 6. The van der Waals surface area contributed by atoms with Gasteiger partial charge in [0, 0.05) is 71.8 Å². The Morgan fingerprint density at radius 2 is 1.26 bits per heavy atom. The van der Waals surface area contributed by atoms with Gasteiger partial charge in [0.05, 0.1) is 93.1 Å². The van der Waals surface area contributed by atoms with Crippen molar-refractivity contribution in [1.82, 2.24) is 29.7 Å². The van der Waals surface area contributed by atoms with Crippen LogP contribution < -0.4 is 9.47 Å². The fourth-order valence-electron chi connectivity index (χ4n) is 16.6. The molecule has 2 amide bonds. The Morgan fingerprint density at radius 3 is 1.84 bits per heavy atom. The summed E-state index contributed by atoms with van der Waals surface area (Å²) in [4.78, 5) is 107. The molecule has 2 aliphatic carbocycles. The summed E-state index contributed by atoms with van der Waals surface area (Å²) in [5.41, 5.74) is 5.89. The Bertz CT molecular complexity index is 4190. The van der Waals surface area contributed by atoms with E-state index in [1.165, 1.54) is 14.2 Å². The zero-order chi connectivity index (χ0) is 70.9. The molecule has 2 aromatic carbocycles. The molecule has 4 saturated heterocycles. The summed E-state index contributed by atoms with van der Waals surface area (Å²) in [6.45, 7) is 20.0. The third kappa shape index (κ3) is 14.4. The number of aryl methyl sites for hydroxylation is 2. The van der Waals surface area contributed by atoms with Crippen LogP contribution in [-0.2, 0) is 38.2 Å². The summed E-state index contributed by atoms with van der Waals surface area (Å²) < 4.78 is 24.3. The van der Waals surface area contributed by atoms with E-state index in [0.717, 1.165) is 129 Å². The van der Waals surface area contributed by atoms with E-state index >= 15 is 0 Å². The Kier molecular flexibility index (Phi) is 21.9. The lowest BCUT2D eigenvalue weighted by molar-refractivity contribution is -0.152. The van der Waals surface area contributed by atoms with Crippen molar-refractivity contribution in [2.45, 2.75) is 218 Å². The van der Waals surface area contributed by atoms with Gasteiger partial charge in [-0.2, -0.15) is 0 Å². The van der Waals surface area contributed by atoms with Gasteiger partial charge < -0.3 is 28.7 Å². The zero-order valence-electron chi connectivity index (χ0n) is 59.2. The highest BCUT2D eigenvalue weighted by Gasteiger charge is 2.64. The number of rotatable bonds is 20. The number of ether oxygens (including phenoxy) is 4. The van der Waals surface area contributed by atoms with E-state index in [1.54, 1.807) is 6.08 Å². The van der Waals surface area contributed by atoms with Crippen molar-refractivity contribution in [3.05, 3.63) is 143 Å². The SMILES string of the molecule is C=CCCCCC[C@H]1CC[C@@H]2[C@H](Oc3cc(-c4cccc(C(C)C)n4)nc4c(Cl)c(C)ccc34)C[C@@H](C(=O)C[C@]3(C(=O)OC)C[C@H]3C=C)N2C1=O.COC(=O)[C@]12CC(=O)[C@@H]3C[C@@H](Oc4cc(-c5cccc(C(C)C)n5)nc5c(Cl)c(C)ccc45)[C@H]4CC[C@H](CCCCC/C=C\[C@@H]1C2)C(=O)N43. The molecule has 5 aliphatic heterocycles. The number of methoxy groups -OCH3 is 2. The van der Waals surface area contributed by atoms with Gasteiger partial charge in [-0.05, 0) is 162 Å². The molecule has 18 heteroatoms. The first-order valence-electron chi connectivity index (χ1n) is 36.4. The minimum Gasteiger partial charge on any atom is -0.487 e. The Labute approximate surface area is 598 Å². The number of fused-ring (bicyclic) bond motifs is 5. The summed E-state index contributed by atoms with van der Waals surface area (Å²) in [5.74, 6) is 0.355. The highest BCUT2D eigenvalue weighted by molar-refractivity contribution is 6.36. The molecule has 6 aromatic rings. The maximum absolute atomic E-state index is 14.3. The molecule has 0 spiro atoms. The van der Waals surface area contributed by atoms with Crippen molar-refractivity contribution >= 4 is 80.3 Å². The molecular formula is C82H96Cl2N6O10. The molecule has 6 fully saturated rings. The van der Waals surface area contributed by atoms with Crippen LogP contribution in [0.2, 0.25) is 10.0 Å². The monoisotopic (exact) mass is 1390 g/mol. The lowest BCUT2D eigenvalue weighted by Gasteiger charge is -2.39. The number of halogens is 2. The number of Topliss-reactive ketones (excluding diaryl/α,β-unsaturated/α-hetero) is 2. The minimum absolute atomic E-state index is 0.00550. The molecule has 4 aromatic heterocycles. The number of unbranched alkanes of at least 4 members (excludes halogenated alkanes) is 3. The van der Waals surface area contributed by atoms with E-state index in [2.05, 4.69) is 53.0 Å². The summed E-state index contributed by atoms with van der Waals surface area (Å²) in [6.07, 6.45) is 21.5. The quantitative estimate of drug-likeness (QED) is 0.0397. The number of allylic oxidation sites excluding steroid dienone is 4. The summed E-state index contributed by atoms with van der Waals surface area (Å²) in [5, 5.41) is 2.62. The van der Waals surface area contributed by atoms with Crippen LogP contribution in [0.3, 0.4) is 0 Å². The van der Waals surface area contributed by atoms with E-state index in [1.807, 2.05) is 103 Å².